The van der Waals surface area contributed by atoms with E-state index in [2.05, 4.69) is 65.3 Å². The lowest BCUT2D eigenvalue weighted by Gasteiger charge is -2.22. The normalized spacial score (nSPS) is 10.7. The molecule has 0 atom stereocenters. The molecule has 0 bridgehead atoms. The van der Waals surface area contributed by atoms with Gasteiger partial charge in [-0.1, -0.05) is 67.2 Å². The van der Waals surface area contributed by atoms with Gasteiger partial charge in [-0.05, 0) is 30.0 Å². The summed E-state index contributed by atoms with van der Waals surface area (Å²) >= 11 is 0. The number of rotatable bonds is 13. The largest absolute Gasteiger partial charge is 0.380 e. The maximum atomic E-state index is 11.1. The molecule has 1 amide bonds. The molecule has 1 N–H and O–H groups in total. The lowest BCUT2D eigenvalue weighted by atomic mass is 10.1. The molecule has 0 spiro atoms. The quantitative estimate of drug-likeness (QED) is 0.433. The molecule has 0 aliphatic rings. The van der Waals surface area contributed by atoms with E-state index in [1.807, 2.05) is 12.1 Å². The van der Waals surface area contributed by atoms with Crippen LogP contribution < -0.4 is 5.32 Å². The van der Waals surface area contributed by atoms with Crippen molar-refractivity contribution in [2.24, 2.45) is 0 Å². The van der Waals surface area contributed by atoms with Gasteiger partial charge in [-0.2, -0.15) is 0 Å². The predicted octanol–water partition coefficient (Wildman–Crippen LogP) is 3.79. The first-order valence-electron chi connectivity index (χ1n) is 9.56. The van der Waals surface area contributed by atoms with Crippen molar-refractivity contribution in [1.82, 2.24) is 10.2 Å². The standard InChI is InChI=1S/C23H30N2O2/c1-2-23(26)24-15-9-10-17-27-18-16-25(19-21-11-5-3-6-12-21)20-22-13-7-4-8-14-22/h2-8,11-14H,1,9-10,15-20H2,(H,24,26). The summed E-state index contributed by atoms with van der Waals surface area (Å²) in [4.78, 5) is 13.5. The molecule has 0 aliphatic heterocycles. The minimum atomic E-state index is -0.117. The third-order valence-electron chi connectivity index (χ3n) is 4.25. The zero-order chi connectivity index (χ0) is 19.2. The summed E-state index contributed by atoms with van der Waals surface area (Å²) in [6.45, 7) is 8.23. The molecule has 4 heteroatoms. The number of carbonyl (C=O) groups is 1. The van der Waals surface area contributed by atoms with Crippen molar-refractivity contribution in [2.45, 2.75) is 25.9 Å². The molecule has 0 saturated carbocycles. The van der Waals surface area contributed by atoms with Gasteiger partial charge < -0.3 is 10.1 Å². The lowest BCUT2D eigenvalue weighted by Crippen LogP contribution is -2.27. The summed E-state index contributed by atoms with van der Waals surface area (Å²) in [5, 5.41) is 2.78. The van der Waals surface area contributed by atoms with Crippen LogP contribution in [0.2, 0.25) is 0 Å². The molecule has 0 saturated heterocycles. The summed E-state index contributed by atoms with van der Waals surface area (Å²) in [6, 6.07) is 21.1. The lowest BCUT2D eigenvalue weighted by molar-refractivity contribution is -0.116. The number of nitrogens with zero attached hydrogens (tertiary/aromatic N) is 1. The van der Waals surface area contributed by atoms with E-state index in [1.54, 1.807) is 0 Å². The average Bonchev–Trinajstić information content (AvgIpc) is 2.71. The van der Waals surface area contributed by atoms with Crippen molar-refractivity contribution in [3.05, 3.63) is 84.4 Å². The summed E-state index contributed by atoms with van der Waals surface area (Å²) < 4.78 is 5.80. The fourth-order valence-electron chi connectivity index (χ4n) is 2.81. The van der Waals surface area contributed by atoms with Gasteiger partial charge in [0.1, 0.15) is 0 Å². The van der Waals surface area contributed by atoms with Gasteiger partial charge in [0.15, 0.2) is 0 Å². The predicted molar refractivity (Wildman–Crippen MR) is 110 cm³/mol. The first kappa shape index (κ1) is 20.9. The molecular formula is C23H30N2O2. The van der Waals surface area contributed by atoms with Gasteiger partial charge in [0.25, 0.3) is 0 Å². The zero-order valence-corrected chi connectivity index (χ0v) is 16.0. The Balaban J connectivity index is 1.70. The van der Waals surface area contributed by atoms with E-state index < -0.39 is 0 Å². The maximum Gasteiger partial charge on any atom is 0.243 e. The molecule has 27 heavy (non-hydrogen) atoms. The minimum Gasteiger partial charge on any atom is -0.380 e. The van der Waals surface area contributed by atoms with E-state index in [1.165, 1.54) is 17.2 Å². The molecule has 0 heterocycles. The van der Waals surface area contributed by atoms with E-state index in [0.29, 0.717) is 19.8 Å². The molecule has 2 rings (SSSR count). The Hall–Kier alpha value is -2.43. The molecule has 0 fully saturated rings. The average molecular weight is 367 g/mol. The van der Waals surface area contributed by atoms with Crippen LogP contribution in [0.15, 0.2) is 73.3 Å². The van der Waals surface area contributed by atoms with Gasteiger partial charge in [-0.15, -0.1) is 0 Å². The van der Waals surface area contributed by atoms with Crippen molar-refractivity contribution in [3.63, 3.8) is 0 Å². The second kappa shape index (κ2) is 12.8. The van der Waals surface area contributed by atoms with Crippen molar-refractivity contribution in [3.8, 4) is 0 Å². The maximum absolute atomic E-state index is 11.1. The van der Waals surface area contributed by atoms with Crippen LogP contribution in [0.4, 0.5) is 0 Å². The number of amides is 1. The topological polar surface area (TPSA) is 41.6 Å². The summed E-state index contributed by atoms with van der Waals surface area (Å²) in [5.41, 5.74) is 2.62. The Morgan fingerprint density at radius 1 is 0.926 bits per heavy atom. The monoisotopic (exact) mass is 366 g/mol. The Morgan fingerprint density at radius 3 is 2.07 bits per heavy atom. The Morgan fingerprint density at radius 2 is 1.52 bits per heavy atom. The zero-order valence-electron chi connectivity index (χ0n) is 16.0. The SMILES string of the molecule is C=CC(=O)NCCCCOCCN(Cc1ccccc1)Cc1ccccc1. The van der Waals surface area contributed by atoms with E-state index >= 15 is 0 Å². The summed E-state index contributed by atoms with van der Waals surface area (Å²) in [7, 11) is 0. The smallest absolute Gasteiger partial charge is 0.243 e. The Labute approximate surface area is 162 Å². The molecule has 2 aromatic rings. The van der Waals surface area contributed by atoms with E-state index in [9.17, 15) is 4.79 Å². The van der Waals surface area contributed by atoms with Gasteiger partial charge in [0.2, 0.25) is 5.91 Å². The Kier molecular flexibility index (Phi) is 9.93. The molecule has 4 nitrogen and oxygen atoms in total. The van der Waals surface area contributed by atoms with Gasteiger partial charge in [0.05, 0.1) is 6.61 Å². The van der Waals surface area contributed by atoms with Crippen LogP contribution in [0.3, 0.4) is 0 Å². The van der Waals surface area contributed by atoms with Crippen LogP contribution >= 0.6 is 0 Å². The summed E-state index contributed by atoms with van der Waals surface area (Å²) in [6.07, 6.45) is 3.15. The number of carbonyl (C=O) groups excluding carboxylic acids is 1. The highest BCUT2D eigenvalue weighted by atomic mass is 16.5. The molecule has 0 aromatic heterocycles. The van der Waals surface area contributed by atoms with Crippen molar-refractivity contribution >= 4 is 5.91 Å². The molecule has 0 unspecified atom stereocenters. The molecular weight excluding hydrogens is 336 g/mol. The van der Waals surface area contributed by atoms with E-state index in [4.69, 9.17) is 4.74 Å². The molecule has 0 aliphatic carbocycles. The van der Waals surface area contributed by atoms with Crippen molar-refractivity contribution in [2.75, 3.05) is 26.3 Å². The highest BCUT2D eigenvalue weighted by Gasteiger charge is 2.07. The van der Waals surface area contributed by atoms with Gasteiger partial charge in [0, 0.05) is 32.8 Å². The third kappa shape index (κ3) is 9.18. The van der Waals surface area contributed by atoms with Crippen molar-refractivity contribution in [1.29, 1.82) is 0 Å². The van der Waals surface area contributed by atoms with Crippen LogP contribution in [0.1, 0.15) is 24.0 Å². The van der Waals surface area contributed by atoms with E-state index in [-0.39, 0.29) is 5.91 Å². The van der Waals surface area contributed by atoms with Crippen LogP contribution in [-0.4, -0.2) is 37.1 Å². The van der Waals surface area contributed by atoms with Gasteiger partial charge in [-0.3, -0.25) is 9.69 Å². The first-order valence-corrected chi connectivity index (χ1v) is 9.56. The number of unbranched alkanes of at least 4 members (excludes halogenated alkanes) is 1. The van der Waals surface area contributed by atoms with Gasteiger partial charge >= 0.3 is 0 Å². The molecule has 0 radical (unpaired) electrons. The third-order valence-corrected chi connectivity index (χ3v) is 4.25. The highest BCUT2D eigenvalue weighted by molar-refractivity contribution is 5.86. The van der Waals surface area contributed by atoms with Crippen molar-refractivity contribution < 1.29 is 9.53 Å². The number of benzene rings is 2. The summed E-state index contributed by atoms with van der Waals surface area (Å²) in [5.74, 6) is -0.117. The first-order chi connectivity index (χ1) is 13.3. The van der Waals surface area contributed by atoms with Crippen LogP contribution in [0, 0.1) is 0 Å². The minimum absolute atomic E-state index is 0.117. The van der Waals surface area contributed by atoms with Crippen LogP contribution in [0.25, 0.3) is 0 Å². The number of nitrogens with one attached hydrogen (secondary N) is 1. The van der Waals surface area contributed by atoms with Gasteiger partial charge in [-0.25, -0.2) is 0 Å². The second-order valence-corrected chi connectivity index (χ2v) is 6.50. The molecule has 144 valence electrons. The Bertz CT molecular complexity index is 617. The van der Waals surface area contributed by atoms with Crippen LogP contribution in [-0.2, 0) is 22.6 Å². The fourth-order valence-corrected chi connectivity index (χ4v) is 2.81. The highest BCUT2D eigenvalue weighted by Crippen LogP contribution is 2.10. The second-order valence-electron chi connectivity index (χ2n) is 6.50. The van der Waals surface area contributed by atoms with E-state index in [0.717, 1.165) is 32.5 Å². The fraction of sp³-hybridized carbons (Fsp3) is 0.348. The number of ether oxygens (including phenoxy) is 1. The number of hydrogen-bond donors (Lipinski definition) is 1. The van der Waals surface area contributed by atoms with Crippen LogP contribution in [0.5, 0.6) is 0 Å². The molecule has 2 aromatic carbocycles. The number of hydrogen-bond acceptors (Lipinski definition) is 3.